The van der Waals surface area contributed by atoms with Crippen LogP contribution in [0.2, 0.25) is 0 Å². The summed E-state index contributed by atoms with van der Waals surface area (Å²) in [6.07, 6.45) is 0. The van der Waals surface area contributed by atoms with Crippen molar-refractivity contribution in [1.82, 2.24) is 0 Å². The number of carbonyl (C=O) groups excluding carboxylic acids is 2. The van der Waals surface area contributed by atoms with Crippen LogP contribution in [0, 0.1) is 0 Å². The highest BCUT2D eigenvalue weighted by Gasteiger charge is 2.16. The molecule has 4 nitrogen and oxygen atoms in total. The standard InChI is InChI=1S/C13H11NO3S/c1-14(12(15)11-7-4-8-18-11)10-6-3-2-5-9(10)13(16)17/h2-8H,1H3,(H,16,17)/p-1. The Balaban J connectivity index is 2.37. The van der Waals surface area contributed by atoms with Gasteiger partial charge in [0.15, 0.2) is 0 Å². The molecule has 0 fully saturated rings. The number of benzene rings is 1. The fourth-order valence-electron chi connectivity index (χ4n) is 1.61. The summed E-state index contributed by atoms with van der Waals surface area (Å²) >= 11 is 1.31. The second kappa shape index (κ2) is 5.01. The van der Waals surface area contributed by atoms with Gasteiger partial charge < -0.3 is 14.8 Å². The van der Waals surface area contributed by atoms with E-state index in [9.17, 15) is 14.7 Å². The van der Waals surface area contributed by atoms with Crippen LogP contribution in [-0.4, -0.2) is 18.9 Å². The predicted octanol–water partition coefficient (Wildman–Crippen LogP) is 1.39. The molecule has 0 atom stereocenters. The van der Waals surface area contributed by atoms with Gasteiger partial charge in [-0.05, 0) is 17.5 Å². The molecule has 0 saturated heterocycles. The van der Waals surface area contributed by atoms with E-state index in [-0.39, 0.29) is 11.5 Å². The molecule has 0 spiro atoms. The van der Waals surface area contributed by atoms with Gasteiger partial charge in [-0.3, -0.25) is 4.79 Å². The molecule has 1 aromatic carbocycles. The molecule has 0 aliphatic carbocycles. The molecule has 2 aromatic rings. The number of amides is 1. The maximum absolute atomic E-state index is 12.1. The lowest BCUT2D eigenvalue weighted by Gasteiger charge is -2.20. The van der Waals surface area contributed by atoms with E-state index < -0.39 is 5.97 Å². The van der Waals surface area contributed by atoms with Gasteiger partial charge in [-0.1, -0.05) is 24.3 Å². The molecule has 0 aliphatic heterocycles. The summed E-state index contributed by atoms with van der Waals surface area (Å²) < 4.78 is 0. The minimum Gasteiger partial charge on any atom is -0.545 e. The summed E-state index contributed by atoms with van der Waals surface area (Å²) in [5.74, 6) is -1.53. The maximum Gasteiger partial charge on any atom is 0.268 e. The first-order valence-electron chi connectivity index (χ1n) is 5.23. The molecule has 5 heteroatoms. The summed E-state index contributed by atoms with van der Waals surface area (Å²) in [4.78, 5) is 25.0. The van der Waals surface area contributed by atoms with Crippen molar-refractivity contribution < 1.29 is 14.7 Å². The molecule has 1 aromatic heterocycles. The number of rotatable bonds is 3. The number of hydrogen-bond acceptors (Lipinski definition) is 4. The third-order valence-electron chi connectivity index (χ3n) is 2.52. The molecular formula is C13H10NO3S-. The van der Waals surface area contributed by atoms with Gasteiger partial charge in [0.1, 0.15) is 0 Å². The van der Waals surface area contributed by atoms with Crippen molar-refractivity contribution in [3.05, 3.63) is 52.2 Å². The first-order valence-corrected chi connectivity index (χ1v) is 6.11. The van der Waals surface area contributed by atoms with E-state index >= 15 is 0 Å². The van der Waals surface area contributed by atoms with Crippen molar-refractivity contribution in [3.8, 4) is 0 Å². The zero-order valence-electron chi connectivity index (χ0n) is 9.62. The largest absolute Gasteiger partial charge is 0.545 e. The van der Waals surface area contributed by atoms with E-state index in [4.69, 9.17) is 0 Å². The highest BCUT2D eigenvalue weighted by Crippen LogP contribution is 2.21. The second-order valence-corrected chi connectivity index (χ2v) is 4.59. The van der Waals surface area contributed by atoms with E-state index in [0.717, 1.165) is 0 Å². The highest BCUT2D eigenvalue weighted by atomic mass is 32.1. The van der Waals surface area contributed by atoms with Crippen molar-refractivity contribution in [1.29, 1.82) is 0 Å². The Labute approximate surface area is 108 Å². The summed E-state index contributed by atoms with van der Waals surface area (Å²) in [5.41, 5.74) is 0.334. The van der Waals surface area contributed by atoms with Gasteiger partial charge in [-0.2, -0.15) is 0 Å². The normalized spacial score (nSPS) is 10.1. The molecular weight excluding hydrogens is 250 g/mol. The third-order valence-corrected chi connectivity index (χ3v) is 3.38. The Morgan fingerprint density at radius 3 is 2.50 bits per heavy atom. The summed E-state index contributed by atoms with van der Waals surface area (Å²) in [6.45, 7) is 0. The molecule has 0 saturated carbocycles. The van der Waals surface area contributed by atoms with Gasteiger partial charge in [-0.15, -0.1) is 11.3 Å². The van der Waals surface area contributed by atoms with Gasteiger partial charge >= 0.3 is 0 Å². The van der Waals surface area contributed by atoms with E-state index in [1.54, 1.807) is 42.8 Å². The zero-order valence-corrected chi connectivity index (χ0v) is 10.4. The number of carboxylic acids is 1. The molecule has 0 aliphatic rings. The van der Waals surface area contributed by atoms with Crippen molar-refractivity contribution in [3.63, 3.8) is 0 Å². The van der Waals surface area contributed by atoms with E-state index in [1.807, 2.05) is 0 Å². The van der Waals surface area contributed by atoms with Crippen molar-refractivity contribution in [2.24, 2.45) is 0 Å². The number of hydrogen-bond donors (Lipinski definition) is 0. The fraction of sp³-hybridized carbons (Fsp3) is 0.0769. The Morgan fingerprint density at radius 2 is 1.89 bits per heavy atom. The Bertz CT molecular complexity index is 578. The van der Waals surface area contributed by atoms with Crippen LogP contribution in [0.4, 0.5) is 5.69 Å². The number of nitrogens with zero attached hydrogens (tertiary/aromatic N) is 1. The molecule has 0 radical (unpaired) electrons. The predicted molar refractivity (Wildman–Crippen MR) is 67.8 cm³/mol. The number of carboxylic acid groups (broad SMARTS) is 1. The first kappa shape index (κ1) is 12.3. The van der Waals surface area contributed by atoms with Gasteiger partial charge in [0.05, 0.1) is 16.5 Å². The van der Waals surface area contributed by atoms with Crippen LogP contribution >= 0.6 is 11.3 Å². The van der Waals surface area contributed by atoms with E-state index in [2.05, 4.69) is 0 Å². The van der Waals surface area contributed by atoms with Crippen LogP contribution in [0.25, 0.3) is 0 Å². The Hall–Kier alpha value is -2.14. The van der Waals surface area contributed by atoms with Crippen LogP contribution in [-0.2, 0) is 0 Å². The van der Waals surface area contributed by atoms with Crippen molar-refractivity contribution in [2.45, 2.75) is 0 Å². The molecule has 2 rings (SSSR count). The molecule has 0 bridgehead atoms. The van der Waals surface area contributed by atoms with Crippen LogP contribution in [0.15, 0.2) is 41.8 Å². The summed E-state index contributed by atoms with van der Waals surface area (Å²) in [7, 11) is 1.55. The molecule has 18 heavy (non-hydrogen) atoms. The molecule has 92 valence electrons. The summed E-state index contributed by atoms with van der Waals surface area (Å²) in [5, 5.41) is 12.8. The average molecular weight is 260 g/mol. The Morgan fingerprint density at radius 1 is 1.17 bits per heavy atom. The topological polar surface area (TPSA) is 60.4 Å². The van der Waals surface area contributed by atoms with Gasteiger partial charge in [-0.25, -0.2) is 0 Å². The van der Waals surface area contributed by atoms with Gasteiger partial charge in [0.2, 0.25) is 0 Å². The average Bonchev–Trinajstić information content (AvgIpc) is 2.90. The molecule has 0 N–H and O–H groups in total. The van der Waals surface area contributed by atoms with Crippen molar-refractivity contribution in [2.75, 3.05) is 11.9 Å². The lowest BCUT2D eigenvalue weighted by atomic mass is 10.1. The van der Waals surface area contributed by atoms with Crippen LogP contribution < -0.4 is 10.0 Å². The lowest BCUT2D eigenvalue weighted by molar-refractivity contribution is -0.254. The SMILES string of the molecule is CN(C(=O)c1cccs1)c1ccccc1C(=O)[O-]. The fourth-order valence-corrected chi connectivity index (χ4v) is 2.31. The van der Waals surface area contributed by atoms with Gasteiger partial charge in [0, 0.05) is 12.6 Å². The van der Waals surface area contributed by atoms with E-state index in [1.165, 1.54) is 22.3 Å². The second-order valence-electron chi connectivity index (χ2n) is 3.65. The first-order chi connectivity index (χ1) is 8.61. The smallest absolute Gasteiger partial charge is 0.268 e. The van der Waals surface area contributed by atoms with Gasteiger partial charge in [0.25, 0.3) is 5.91 Å². The Kier molecular flexibility index (Phi) is 3.43. The monoisotopic (exact) mass is 260 g/mol. The van der Waals surface area contributed by atoms with Crippen molar-refractivity contribution >= 4 is 28.9 Å². The summed E-state index contributed by atoms with van der Waals surface area (Å²) in [6, 6.07) is 9.75. The highest BCUT2D eigenvalue weighted by molar-refractivity contribution is 7.12. The number of thiophene rings is 1. The van der Waals surface area contributed by atoms with E-state index in [0.29, 0.717) is 10.6 Å². The third kappa shape index (κ3) is 2.26. The van der Waals surface area contributed by atoms with Crippen LogP contribution in [0.1, 0.15) is 20.0 Å². The van der Waals surface area contributed by atoms with Crippen LogP contribution in [0.5, 0.6) is 0 Å². The maximum atomic E-state index is 12.1. The van der Waals surface area contributed by atoms with Crippen LogP contribution in [0.3, 0.4) is 0 Å². The molecule has 1 amide bonds. The lowest BCUT2D eigenvalue weighted by Crippen LogP contribution is -2.30. The number of anilines is 1. The number of carbonyl (C=O) groups is 2. The molecule has 1 heterocycles. The number of aromatic carboxylic acids is 1. The zero-order chi connectivity index (χ0) is 13.1. The molecule has 0 unspecified atom stereocenters. The minimum absolute atomic E-state index is 0.00454. The number of para-hydroxylation sites is 1. The minimum atomic E-state index is -1.29. The quantitative estimate of drug-likeness (QED) is 0.837.